The Morgan fingerprint density at radius 1 is 1.08 bits per heavy atom. The number of likely N-dealkylation sites (N-methyl/N-ethyl adjacent to an activating group) is 1. The Morgan fingerprint density at radius 3 is 2.58 bits per heavy atom. The number of carbonyl (C=O) groups excluding carboxylic acids is 1. The van der Waals surface area contributed by atoms with Crippen LogP contribution in [-0.2, 0) is 16.0 Å². The lowest BCUT2D eigenvalue weighted by atomic mass is 9.97. The first kappa shape index (κ1) is 25.3. The molecule has 3 aromatic carbocycles. The summed E-state index contributed by atoms with van der Waals surface area (Å²) in [6, 6.07) is 20.4. The van der Waals surface area contributed by atoms with Gasteiger partial charge in [0, 0.05) is 29.2 Å². The minimum Gasteiger partial charge on any atom is -0.492 e. The Hall–Kier alpha value is -3.81. The molecule has 7 nitrogen and oxygen atoms in total. The van der Waals surface area contributed by atoms with Crippen molar-refractivity contribution in [2.45, 2.75) is 12.8 Å². The second-order valence-corrected chi connectivity index (χ2v) is 9.23. The molecule has 1 aliphatic rings. The molecule has 36 heavy (non-hydrogen) atoms. The summed E-state index contributed by atoms with van der Waals surface area (Å²) in [5, 5.41) is 15.9. The molecule has 4 rings (SSSR count). The minimum absolute atomic E-state index is 0.0277. The number of carboxylic acid groups (broad SMARTS) is 1. The molecule has 0 unspecified atom stereocenters. The lowest BCUT2D eigenvalue weighted by Gasteiger charge is -2.16. The molecule has 0 radical (unpaired) electrons. The molecule has 0 atom stereocenters. The van der Waals surface area contributed by atoms with Crippen molar-refractivity contribution in [2.24, 2.45) is 0 Å². The van der Waals surface area contributed by atoms with Crippen LogP contribution >= 0.6 is 11.6 Å². The van der Waals surface area contributed by atoms with Gasteiger partial charge in [-0.3, -0.25) is 9.59 Å². The molecule has 3 aromatic rings. The number of nitrogens with one attached hydrogen (secondary N) is 2. The number of hydrogen-bond acceptors (Lipinski definition) is 5. The maximum Gasteiger partial charge on any atom is 0.303 e. The van der Waals surface area contributed by atoms with E-state index in [0.29, 0.717) is 35.0 Å². The van der Waals surface area contributed by atoms with E-state index in [1.807, 2.05) is 68.7 Å². The zero-order valence-corrected chi connectivity index (χ0v) is 20.9. The number of halogens is 1. The Kier molecular flexibility index (Phi) is 7.93. The topological polar surface area (TPSA) is 90.9 Å². The van der Waals surface area contributed by atoms with Gasteiger partial charge in [0.25, 0.3) is 5.91 Å². The highest BCUT2D eigenvalue weighted by Gasteiger charge is 2.28. The number of carbonyl (C=O) groups is 2. The van der Waals surface area contributed by atoms with Crippen molar-refractivity contribution in [3.05, 3.63) is 88.4 Å². The number of anilines is 2. The largest absolute Gasteiger partial charge is 0.492 e. The summed E-state index contributed by atoms with van der Waals surface area (Å²) in [7, 11) is 3.99. The van der Waals surface area contributed by atoms with E-state index in [2.05, 4.69) is 15.5 Å². The molecule has 1 amide bonds. The Balaban J connectivity index is 1.70. The van der Waals surface area contributed by atoms with E-state index < -0.39 is 5.97 Å². The van der Waals surface area contributed by atoms with E-state index >= 15 is 0 Å². The Labute approximate surface area is 215 Å². The van der Waals surface area contributed by atoms with Crippen LogP contribution in [0, 0.1) is 0 Å². The van der Waals surface area contributed by atoms with Gasteiger partial charge in [0.15, 0.2) is 0 Å². The van der Waals surface area contributed by atoms with Crippen LogP contribution in [0.4, 0.5) is 11.4 Å². The average Bonchev–Trinajstić information content (AvgIpc) is 3.16. The van der Waals surface area contributed by atoms with Gasteiger partial charge in [0.1, 0.15) is 12.4 Å². The molecule has 0 saturated heterocycles. The van der Waals surface area contributed by atoms with Gasteiger partial charge < -0.3 is 25.4 Å². The van der Waals surface area contributed by atoms with Crippen LogP contribution in [0.3, 0.4) is 0 Å². The first-order chi connectivity index (χ1) is 17.3. The maximum absolute atomic E-state index is 13.1. The molecule has 0 bridgehead atoms. The SMILES string of the molecule is CN(C)CCOc1ccc(N/C(=C2\C(=O)Nc3cc(Cl)ccc32)c2cccc(CCC(=O)O)c2)cc1. The van der Waals surface area contributed by atoms with E-state index in [4.69, 9.17) is 21.4 Å². The van der Waals surface area contributed by atoms with E-state index in [1.165, 1.54) is 0 Å². The molecule has 0 fully saturated rings. The van der Waals surface area contributed by atoms with Crippen LogP contribution in [0.1, 0.15) is 23.1 Å². The zero-order chi connectivity index (χ0) is 25.7. The van der Waals surface area contributed by atoms with E-state index in [9.17, 15) is 9.59 Å². The van der Waals surface area contributed by atoms with E-state index in [1.54, 1.807) is 12.1 Å². The summed E-state index contributed by atoms with van der Waals surface area (Å²) in [5.41, 5.74) is 4.92. The highest BCUT2D eigenvalue weighted by molar-refractivity contribution is 6.38. The Morgan fingerprint density at radius 2 is 1.86 bits per heavy atom. The molecule has 1 aliphatic heterocycles. The number of carboxylic acids is 1. The molecule has 186 valence electrons. The molecule has 0 aliphatic carbocycles. The second-order valence-electron chi connectivity index (χ2n) is 8.79. The smallest absolute Gasteiger partial charge is 0.303 e. The van der Waals surface area contributed by atoms with Crippen molar-refractivity contribution in [3.8, 4) is 5.75 Å². The lowest BCUT2D eigenvalue weighted by molar-refractivity contribution is -0.137. The van der Waals surface area contributed by atoms with Crippen molar-refractivity contribution in [2.75, 3.05) is 37.9 Å². The molecule has 1 heterocycles. The summed E-state index contributed by atoms with van der Waals surface area (Å²) in [6.07, 6.45) is 0.420. The van der Waals surface area contributed by atoms with E-state index in [-0.39, 0.29) is 12.3 Å². The predicted octanol–water partition coefficient (Wildman–Crippen LogP) is 5.23. The fraction of sp³-hybridized carbons (Fsp3) is 0.214. The average molecular weight is 506 g/mol. The van der Waals surface area contributed by atoms with Gasteiger partial charge in [-0.2, -0.15) is 0 Å². The molecule has 3 N–H and O–H groups in total. The highest BCUT2D eigenvalue weighted by atomic mass is 35.5. The van der Waals surface area contributed by atoms with Crippen molar-refractivity contribution < 1.29 is 19.4 Å². The van der Waals surface area contributed by atoms with Crippen molar-refractivity contribution in [3.63, 3.8) is 0 Å². The fourth-order valence-corrected chi connectivity index (χ4v) is 4.10. The maximum atomic E-state index is 13.1. The Bertz CT molecular complexity index is 1300. The van der Waals surface area contributed by atoms with Gasteiger partial charge in [0.2, 0.25) is 0 Å². The molecule has 0 spiro atoms. The number of fused-ring (bicyclic) bond motifs is 1. The highest BCUT2D eigenvalue weighted by Crippen LogP contribution is 2.39. The van der Waals surface area contributed by atoms with Crippen molar-refractivity contribution in [1.29, 1.82) is 0 Å². The standard InChI is InChI=1S/C28H28ClN3O4/c1-32(2)14-15-36-22-10-8-21(9-11-22)30-27(19-5-3-4-18(16-19)6-13-25(33)34)26-23-12-7-20(29)17-24(23)31-28(26)35/h3-5,7-12,16-17,30H,6,13-15H2,1-2H3,(H,31,35)(H,33,34)/b27-26-. The van der Waals surface area contributed by atoms with Gasteiger partial charge in [-0.15, -0.1) is 0 Å². The van der Waals surface area contributed by atoms with Crippen LogP contribution in [-0.4, -0.2) is 49.1 Å². The number of aryl methyl sites for hydroxylation is 1. The van der Waals surface area contributed by atoms with Crippen LogP contribution in [0.5, 0.6) is 5.75 Å². The first-order valence-corrected chi connectivity index (χ1v) is 12.0. The lowest BCUT2D eigenvalue weighted by Crippen LogP contribution is -2.19. The number of amides is 1. The summed E-state index contributed by atoms with van der Waals surface area (Å²) in [5.74, 6) is -0.341. The van der Waals surface area contributed by atoms with Crippen LogP contribution in [0.15, 0.2) is 66.7 Å². The van der Waals surface area contributed by atoms with Crippen LogP contribution < -0.4 is 15.4 Å². The second kappa shape index (κ2) is 11.3. The van der Waals surface area contributed by atoms with E-state index in [0.717, 1.165) is 34.7 Å². The number of ether oxygens (including phenoxy) is 1. The molecule has 0 aromatic heterocycles. The third-order valence-corrected chi connectivity index (χ3v) is 5.99. The number of nitrogens with zero attached hydrogens (tertiary/aromatic N) is 1. The van der Waals surface area contributed by atoms with Gasteiger partial charge >= 0.3 is 5.97 Å². The van der Waals surface area contributed by atoms with Gasteiger partial charge in [-0.25, -0.2) is 0 Å². The summed E-state index contributed by atoms with van der Waals surface area (Å²) in [6.45, 7) is 1.39. The van der Waals surface area contributed by atoms with Crippen molar-refractivity contribution >= 4 is 46.1 Å². The summed E-state index contributed by atoms with van der Waals surface area (Å²) >= 11 is 6.15. The molecular weight excluding hydrogens is 478 g/mol. The molecule has 8 heteroatoms. The van der Waals surface area contributed by atoms with Gasteiger partial charge in [0.05, 0.1) is 17.0 Å². The number of rotatable bonds is 10. The third-order valence-electron chi connectivity index (χ3n) is 5.75. The third kappa shape index (κ3) is 6.24. The van der Waals surface area contributed by atoms with Gasteiger partial charge in [-0.05, 0) is 74.1 Å². The first-order valence-electron chi connectivity index (χ1n) is 11.6. The zero-order valence-electron chi connectivity index (χ0n) is 20.2. The monoisotopic (exact) mass is 505 g/mol. The number of aliphatic carboxylic acids is 1. The summed E-state index contributed by atoms with van der Waals surface area (Å²) in [4.78, 5) is 26.3. The van der Waals surface area contributed by atoms with Crippen LogP contribution in [0.25, 0.3) is 11.3 Å². The quantitative estimate of drug-likeness (QED) is 0.327. The van der Waals surface area contributed by atoms with Gasteiger partial charge in [-0.1, -0.05) is 35.9 Å². The number of benzene rings is 3. The predicted molar refractivity (Wildman–Crippen MR) is 143 cm³/mol. The normalized spacial score (nSPS) is 13.8. The molecular formula is C28H28ClN3O4. The molecule has 0 saturated carbocycles. The fourth-order valence-electron chi connectivity index (χ4n) is 3.93. The minimum atomic E-state index is -0.856. The van der Waals surface area contributed by atoms with Crippen molar-refractivity contribution in [1.82, 2.24) is 4.90 Å². The number of hydrogen-bond donors (Lipinski definition) is 3. The summed E-state index contributed by atoms with van der Waals surface area (Å²) < 4.78 is 5.79. The van der Waals surface area contributed by atoms with Crippen LogP contribution in [0.2, 0.25) is 5.02 Å².